The summed E-state index contributed by atoms with van der Waals surface area (Å²) in [5, 5.41) is 3.11. The summed E-state index contributed by atoms with van der Waals surface area (Å²) < 4.78 is 0. The minimum absolute atomic E-state index is 0.0464. The molecular formula is C20H26N2O. The highest BCUT2D eigenvalue weighted by molar-refractivity contribution is 5.95. The van der Waals surface area contributed by atoms with Crippen molar-refractivity contribution >= 4 is 11.6 Å². The molecule has 0 bridgehead atoms. The lowest BCUT2D eigenvalue weighted by atomic mass is 9.96. The number of rotatable bonds is 6. The van der Waals surface area contributed by atoms with E-state index in [9.17, 15) is 4.79 Å². The molecule has 2 rings (SSSR count). The number of carbonyl (C=O) groups excluding carboxylic acids is 1. The fourth-order valence-electron chi connectivity index (χ4n) is 2.80. The van der Waals surface area contributed by atoms with Gasteiger partial charge in [0.15, 0.2) is 0 Å². The first-order valence-electron chi connectivity index (χ1n) is 8.24. The van der Waals surface area contributed by atoms with Crippen LogP contribution in [0.3, 0.4) is 0 Å². The number of nitrogens with zero attached hydrogens (tertiary/aromatic N) is 1. The van der Waals surface area contributed by atoms with Crippen molar-refractivity contribution in [2.75, 3.05) is 25.0 Å². The maximum Gasteiger partial charge on any atom is 0.238 e. The largest absolute Gasteiger partial charge is 0.324 e. The molecule has 122 valence electrons. The van der Waals surface area contributed by atoms with Crippen LogP contribution < -0.4 is 5.32 Å². The van der Waals surface area contributed by atoms with Crippen molar-refractivity contribution < 1.29 is 4.79 Å². The molecule has 3 nitrogen and oxygen atoms in total. The monoisotopic (exact) mass is 310 g/mol. The lowest BCUT2D eigenvalue weighted by Crippen LogP contribution is -2.33. The van der Waals surface area contributed by atoms with Crippen molar-refractivity contribution in [1.82, 2.24) is 4.90 Å². The van der Waals surface area contributed by atoms with Gasteiger partial charge in [0.25, 0.3) is 0 Å². The number of likely N-dealkylation sites (N-methyl/N-ethyl adjacent to an activating group) is 1. The van der Waals surface area contributed by atoms with Gasteiger partial charge in [0, 0.05) is 5.69 Å². The zero-order chi connectivity index (χ0) is 16.8. The highest BCUT2D eigenvalue weighted by Gasteiger charge is 2.13. The van der Waals surface area contributed by atoms with Crippen LogP contribution in [-0.4, -0.2) is 30.4 Å². The van der Waals surface area contributed by atoms with Gasteiger partial charge in [0.2, 0.25) is 5.91 Å². The van der Waals surface area contributed by atoms with E-state index < -0.39 is 0 Å². The molecule has 0 aliphatic rings. The second kappa shape index (κ2) is 7.93. The first-order chi connectivity index (χ1) is 11.1. The van der Waals surface area contributed by atoms with E-state index in [2.05, 4.69) is 55.3 Å². The van der Waals surface area contributed by atoms with Crippen LogP contribution in [0, 0.1) is 13.8 Å². The van der Waals surface area contributed by atoms with Gasteiger partial charge in [-0.2, -0.15) is 0 Å². The maximum atomic E-state index is 12.3. The van der Waals surface area contributed by atoms with E-state index in [1.165, 1.54) is 5.56 Å². The van der Waals surface area contributed by atoms with E-state index in [1.807, 2.05) is 25.1 Å². The van der Waals surface area contributed by atoms with E-state index in [4.69, 9.17) is 0 Å². The van der Waals surface area contributed by atoms with Crippen molar-refractivity contribution in [1.29, 1.82) is 0 Å². The van der Waals surface area contributed by atoms with Crippen LogP contribution in [0.2, 0.25) is 0 Å². The molecule has 0 radical (unpaired) electrons. The molecule has 0 aliphatic heterocycles. The third-order valence-corrected chi connectivity index (χ3v) is 4.28. The summed E-state index contributed by atoms with van der Waals surface area (Å²) in [6.07, 6.45) is 0. The number of amides is 1. The molecule has 2 aromatic rings. The molecule has 0 saturated carbocycles. The molecular weight excluding hydrogens is 284 g/mol. The van der Waals surface area contributed by atoms with Gasteiger partial charge in [-0.3, -0.25) is 9.69 Å². The number of hydrogen-bond donors (Lipinski definition) is 1. The minimum atomic E-state index is 0.0464. The molecule has 0 aromatic heterocycles. The second-order valence-corrected chi connectivity index (χ2v) is 5.81. The van der Waals surface area contributed by atoms with Crippen molar-refractivity contribution in [3.05, 3.63) is 53.6 Å². The van der Waals surface area contributed by atoms with Crippen LogP contribution in [0.5, 0.6) is 0 Å². The van der Waals surface area contributed by atoms with Gasteiger partial charge in [-0.1, -0.05) is 56.3 Å². The summed E-state index contributed by atoms with van der Waals surface area (Å²) in [6.45, 7) is 10.4. The number of nitrogens with one attached hydrogen (secondary N) is 1. The first-order valence-corrected chi connectivity index (χ1v) is 8.24. The van der Waals surface area contributed by atoms with Crippen LogP contribution in [0.15, 0.2) is 42.5 Å². The Hall–Kier alpha value is -2.13. The Morgan fingerprint density at radius 2 is 1.65 bits per heavy atom. The maximum absolute atomic E-state index is 12.3. The van der Waals surface area contributed by atoms with E-state index in [0.29, 0.717) is 6.54 Å². The van der Waals surface area contributed by atoms with E-state index in [1.54, 1.807) is 0 Å². The molecule has 0 unspecified atom stereocenters. The van der Waals surface area contributed by atoms with Crippen LogP contribution >= 0.6 is 0 Å². The van der Waals surface area contributed by atoms with Crippen LogP contribution in [0.25, 0.3) is 11.1 Å². The van der Waals surface area contributed by atoms with Gasteiger partial charge in [0.05, 0.1) is 6.54 Å². The fourth-order valence-corrected chi connectivity index (χ4v) is 2.80. The quantitative estimate of drug-likeness (QED) is 0.865. The second-order valence-electron chi connectivity index (χ2n) is 5.81. The van der Waals surface area contributed by atoms with E-state index >= 15 is 0 Å². The smallest absolute Gasteiger partial charge is 0.238 e. The van der Waals surface area contributed by atoms with Gasteiger partial charge >= 0.3 is 0 Å². The zero-order valence-electron chi connectivity index (χ0n) is 14.5. The molecule has 1 amide bonds. The highest BCUT2D eigenvalue weighted by atomic mass is 16.2. The van der Waals surface area contributed by atoms with Gasteiger partial charge < -0.3 is 5.32 Å². The molecule has 0 aliphatic carbocycles. The molecule has 0 spiro atoms. The van der Waals surface area contributed by atoms with Crippen molar-refractivity contribution in [3.8, 4) is 11.1 Å². The van der Waals surface area contributed by atoms with Crippen LogP contribution in [0.1, 0.15) is 25.0 Å². The summed E-state index contributed by atoms with van der Waals surface area (Å²) in [4.78, 5) is 14.5. The normalized spacial score (nSPS) is 10.8. The standard InChI is InChI=1S/C20H26N2O/c1-5-22(6-2)14-19(23)21-20-15(3)12-13-18(16(20)4)17-10-8-7-9-11-17/h7-13H,5-6,14H2,1-4H3,(H,21,23). The molecule has 0 heterocycles. The van der Waals surface area contributed by atoms with Gasteiger partial charge in [-0.05, 0) is 49.2 Å². The number of aryl methyl sites for hydroxylation is 1. The summed E-state index contributed by atoms with van der Waals surface area (Å²) in [6, 6.07) is 14.5. The third-order valence-electron chi connectivity index (χ3n) is 4.28. The fraction of sp³-hybridized carbons (Fsp3) is 0.350. The number of benzene rings is 2. The highest BCUT2D eigenvalue weighted by Crippen LogP contribution is 2.31. The zero-order valence-corrected chi connectivity index (χ0v) is 14.5. The Bertz CT molecular complexity index is 661. The lowest BCUT2D eigenvalue weighted by molar-refractivity contribution is -0.117. The Labute approximate surface area is 139 Å². The third kappa shape index (κ3) is 4.20. The molecule has 2 aromatic carbocycles. The van der Waals surface area contributed by atoms with Crippen molar-refractivity contribution in [2.45, 2.75) is 27.7 Å². The molecule has 3 heteroatoms. The molecule has 0 saturated heterocycles. The number of anilines is 1. The van der Waals surface area contributed by atoms with Crippen molar-refractivity contribution in [3.63, 3.8) is 0 Å². The topological polar surface area (TPSA) is 32.3 Å². The Morgan fingerprint density at radius 1 is 1.00 bits per heavy atom. The first kappa shape index (κ1) is 17.2. The number of hydrogen-bond acceptors (Lipinski definition) is 2. The predicted molar refractivity (Wildman–Crippen MR) is 97.8 cm³/mol. The Morgan fingerprint density at radius 3 is 2.26 bits per heavy atom. The molecule has 0 atom stereocenters. The summed E-state index contributed by atoms with van der Waals surface area (Å²) in [7, 11) is 0. The summed E-state index contributed by atoms with van der Waals surface area (Å²) in [5.41, 5.74) is 5.47. The predicted octanol–water partition coefficient (Wildman–Crippen LogP) is 4.25. The van der Waals surface area contributed by atoms with Crippen molar-refractivity contribution in [2.24, 2.45) is 0 Å². The van der Waals surface area contributed by atoms with Gasteiger partial charge in [0.1, 0.15) is 0 Å². The average Bonchev–Trinajstić information content (AvgIpc) is 2.57. The summed E-state index contributed by atoms with van der Waals surface area (Å²) in [5.74, 6) is 0.0464. The average molecular weight is 310 g/mol. The molecule has 0 fully saturated rings. The van der Waals surface area contributed by atoms with Gasteiger partial charge in [-0.15, -0.1) is 0 Å². The van der Waals surface area contributed by atoms with Crippen LogP contribution in [0.4, 0.5) is 5.69 Å². The van der Waals surface area contributed by atoms with E-state index in [-0.39, 0.29) is 5.91 Å². The molecule has 23 heavy (non-hydrogen) atoms. The lowest BCUT2D eigenvalue weighted by Gasteiger charge is -2.20. The summed E-state index contributed by atoms with van der Waals surface area (Å²) >= 11 is 0. The Kier molecular flexibility index (Phi) is 5.94. The van der Waals surface area contributed by atoms with E-state index in [0.717, 1.165) is 35.5 Å². The Balaban J connectivity index is 2.27. The van der Waals surface area contributed by atoms with Crippen LogP contribution in [-0.2, 0) is 4.79 Å². The molecule has 1 N–H and O–H groups in total. The number of carbonyl (C=O) groups is 1. The minimum Gasteiger partial charge on any atom is -0.324 e. The van der Waals surface area contributed by atoms with Gasteiger partial charge in [-0.25, -0.2) is 0 Å². The SMILES string of the molecule is CCN(CC)CC(=O)Nc1c(C)ccc(-c2ccccc2)c1C.